The molecule has 0 aliphatic carbocycles. The Morgan fingerprint density at radius 3 is 3.00 bits per heavy atom. The topological polar surface area (TPSA) is 24.9 Å². The Labute approximate surface area is 105 Å². The van der Waals surface area contributed by atoms with Gasteiger partial charge in [-0.3, -0.25) is 0 Å². The lowest BCUT2D eigenvalue weighted by molar-refractivity contribution is 0.606. The maximum absolute atomic E-state index is 13.1. The Morgan fingerprint density at radius 2 is 2.29 bits per heavy atom. The van der Waals surface area contributed by atoms with Crippen LogP contribution in [0.5, 0.6) is 0 Å². The van der Waals surface area contributed by atoms with Gasteiger partial charge in [-0.05, 0) is 25.6 Å². The Balaban J connectivity index is 2.23. The molecule has 0 saturated carbocycles. The van der Waals surface area contributed by atoms with E-state index in [1.165, 1.54) is 17.0 Å². The van der Waals surface area contributed by atoms with Crippen molar-refractivity contribution in [2.75, 3.05) is 6.54 Å². The number of rotatable bonds is 4. The van der Waals surface area contributed by atoms with Crippen LogP contribution in [-0.2, 0) is 0 Å². The molecular weight excluding hydrogens is 235 g/mol. The number of hydrogen-bond donors (Lipinski definition) is 1. The molecule has 2 aromatic rings. The second-order valence-corrected chi connectivity index (χ2v) is 4.92. The minimum atomic E-state index is -0.223. The molecule has 17 heavy (non-hydrogen) atoms. The molecule has 1 heterocycles. The van der Waals surface area contributed by atoms with E-state index in [9.17, 15) is 4.39 Å². The summed E-state index contributed by atoms with van der Waals surface area (Å²) in [4.78, 5) is 5.52. The molecule has 0 spiro atoms. The molecule has 1 aromatic heterocycles. The van der Waals surface area contributed by atoms with E-state index in [1.807, 2.05) is 12.3 Å². The van der Waals surface area contributed by atoms with Crippen LogP contribution in [0.2, 0.25) is 0 Å². The largest absolute Gasteiger partial charge is 0.310 e. The molecule has 0 bridgehead atoms. The molecule has 0 aliphatic heterocycles. The second-order valence-electron chi connectivity index (χ2n) is 3.86. The predicted octanol–water partition coefficient (Wildman–Crippen LogP) is 3.62. The summed E-state index contributed by atoms with van der Waals surface area (Å²) in [5.41, 5.74) is 0.838. The normalized spacial score (nSPS) is 12.6. The predicted molar refractivity (Wildman–Crippen MR) is 69.6 cm³/mol. The van der Waals surface area contributed by atoms with Crippen molar-refractivity contribution in [2.45, 2.75) is 19.9 Å². The zero-order chi connectivity index (χ0) is 12.3. The van der Waals surface area contributed by atoms with Gasteiger partial charge < -0.3 is 5.32 Å². The number of aromatic nitrogens is 1. The van der Waals surface area contributed by atoms with Crippen molar-refractivity contribution in [3.63, 3.8) is 0 Å². The number of halogens is 1. The molecule has 1 atom stereocenters. The maximum atomic E-state index is 13.1. The zero-order valence-corrected chi connectivity index (χ0v) is 10.7. The lowest BCUT2D eigenvalue weighted by Gasteiger charge is -2.08. The summed E-state index contributed by atoms with van der Waals surface area (Å²) in [6.07, 6.45) is 1.86. The molecule has 0 aliphatic rings. The van der Waals surface area contributed by atoms with E-state index < -0.39 is 0 Å². The first-order chi connectivity index (χ1) is 8.20. The first-order valence-electron chi connectivity index (χ1n) is 5.65. The van der Waals surface area contributed by atoms with E-state index in [2.05, 4.69) is 24.1 Å². The van der Waals surface area contributed by atoms with E-state index >= 15 is 0 Å². The van der Waals surface area contributed by atoms with Crippen molar-refractivity contribution in [1.82, 2.24) is 10.3 Å². The average molecular weight is 250 g/mol. The van der Waals surface area contributed by atoms with Crippen LogP contribution in [0.4, 0.5) is 4.39 Å². The summed E-state index contributed by atoms with van der Waals surface area (Å²) in [5.74, 6) is -0.223. The van der Waals surface area contributed by atoms with Gasteiger partial charge in [-0.15, -0.1) is 11.3 Å². The third-order valence-electron chi connectivity index (χ3n) is 2.53. The van der Waals surface area contributed by atoms with Crippen LogP contribution in [0, 0.1) is 5.82 Å². The van der Waals surface area contributed by atoms with E-state index in [1.54, 1.807) is 17.4 Å². The minimum absolute atomic E-state index is 0.223. The fourth-order valence-corrected chi connectivity index (χ4v) is 2.59. The van der Waals surface area contributed by atoms with Gasteiger partial charge in [-0.2, -0.15) is 0 Å². The minimum Gasteiger partial charge on any atom is -0.310 e. The average Bonchev–Trinajstić information content (AvgIpc) is 2.78. The van der Waals surface area contributed by atoms with Crippen molar-refractivity contribution in [3.05, 3.63) is 41.2 Å². The SMILES string of the molecule is CCNC(C)c1cnc(-c2cccc(F)c2)s1. The molecule has 90 valence electrons. The summed E-state index contributed by atoms with van der Waals surface area (Å²) < 4.78 is 13.1. The van der Waals surface area contributed by atoms with Crippen molar-refractivity contribution >= 4 is 11.3 Å². The standard InChI is InChI=1S/C13H15FN2S/c1-3-15-9(2)12-8-16-13(17-12)10-5-4-6-11(14)7-10/h4-9,15H,3H2,1-2H3. The highest BCUT2D eigenvalue weighted by molar-refractivity contribution is 7.15. The van der Waals surface area contributed by atoms with Crippen LogP contribution in [0.1, 0.15) is 24.8 Å². The van der Waals surface area contributed by atoms with Crippen LogP contribution < -0.4 is 5.32 Å². The first-order valence-corrected chi connectivity index (χ1v) is 6.47. The molecule has 0 saturated heterocycles. The van der Waals surface area contributed by atoms with Crippen LogP contribution in [-0.4, -0.2) is 11.5 Å². The molecule has 0 amide bonds. The monoisotopic (exact) mass is 250 g/mol. The summed E-state index contributed by atoms with van der Waals surface area (Å²) in [7, 11) is 0. The fraction of sp³-hybridized carbons (Fsp3) is 0.308. The van der Waals surface area contributed by atoms with Crippen LogP contribution in [0.25, 0.3) is 10.6 Å². The number of nitrogens with one attached hydrogen (secondary N) is 1. The smallest absolute Gasteiger partial charge is 0.123 e. The Hall–Kier alpha value is -1.26. The highest BCUT2D eigenvalue weighted by Crippen LogP contribution is 2.28. The summed E-state index contributed by atoms with van der Waals surface area (Å²) in [6.45, 7) is 5.10. The van der Waals surface area contributed by atoms with Gasteiger partial charge in [0, 0.05) is 22.7 Å². The van der Waals surface area contributed by atoms with Crippen molar-refractivity contribution in [1.29, 1.82) is 0 Å². The summed E-state index contributed by atoms with van der Waals surface area (Å²) in [5, 5.41) is 4.20. The van der Waals surface area contributed by atoms with Gasteiger partial charge in [0.05, 0.1) is 0 Å². The highest BCUT2D eigenvalue weighted by atomic mass is 32.1. The highest BCUT2D eigenvalue weighted by Gasteiger charge is 2.10. The maximum Gasteiger partial charge on any atom is 0.123 e. The third kappa shape index (κ3) is 2.90. The second kappa shape index (κ2) is 5.38. The third-order valence-corrected chi connectivity index (χ3v) is 3.76. The fourth-order valence-electron chi connectivity index (χ4n) is 1.65. The molecule has 2 nitrogen and oxygen atoms in total. The molecule has 1 unspecified atom stereocenters. The Bertz CT molecular complexity index is 496. The van der Waals surface area contributed by atoms with Gasteiger partial charge in [0.1, 0.15) is 10.8 Å². The quantitative estimate of drug-likeness (QED) is 0.896. The van der Waals surface area contributed by atoms with Crippen LogP contribution in [0.3, 0.4) is 0 Å². The molecule has 1 aromatic carbocycles. The van der Waals surface area contributed by atoms with E-state index in [-0.39, 0.29) is 5.82 Å². The van der Waals surface area contributed by atoms with Crippen LogP contribution >= 0.6 is 11.3 Å². The van der Waals surface area contributed by atoms with Gasteiger partial charge in [0.2, 0.25) is 0 Å². The van der Waals surface area contributed by atoms with Crippen molar-refractivity contribution in [3.8, 4) is 10.6 Å². The molecule has 1 N–H and O–H groups in total. The van der Waals surface area contributed by atoms with E-state index in [0.717, 1.165) is 17.1 Å². The first kappa shape index (κ1) is 12.2. The zero-order valence-electron chi connectivity index (χ0n) is 9.90. The van der Waals surface area contributed by atoms with E-state index in [4.69, 9.17) is 0 Å². The lowest BCUT2D eigenvalue weighted by atomic mass is 10.2. The van der Waals surface area contributed by atoms with Crippen LogP contribution in [0.15, 0.2) is 30.5 Å². The van der Waals surface area contributed by atoms with Gasteiger partial charge in [-0.1, -0.05) is 19.1 Å². The molecule has 2 rings (SSSR count). The molecule has 4 heteroatoms. The number of thiazole rings is 1. The van der Waals surface area contributed by atoms with Gasteiger partial charge >= 0.3 is 0 Å². The van der Waals surface area contributed by atoms with Gasteiger partial charge in [-0.25, -0.2) is 9.37 Å². The lowest BCUT2D eigenvalue weighted by Crippen LogP contribution is -2.16. The van der Waals surface area contributed by atoms with Gasteiger partial charge in [0.15, 0.2) is 0 Å². The number of hydrogen-bond acceptors (Lipinski definition) is 3. The van der Waals surface area contributed by atoms with Gasteiger partial charge in [0.25, 0.3) is 0 Å². The number of benzene rings is 1. The molecule has 0 fully saturated rings. The molecule has 0 radical (unpaired) electrons. The number of nitrogens with zero attached hydrogens (tertiary/aromatic N) is 1. The van der Waals surface area contributed by atoms with E-state index in [0.29, 0.717) is 6.04 Å². The van der Waals surface area contributed by atoms with Crippen molar-refractivity contribution in [2.24, 2.45) is 0 Å². The Kier molecular flexibility index (Phi) is 3.86. The molecular formula is C13H15FN2S. The summed E-state index contributed by atoms with van der Waals surface area (Å²) in [6, 6.07) is 6.84. The Morgan fingerprint density at radius 1 is 1.47 bits per heavy atom. The summed E-state index contributed by atoms with van der Waals surface area (Å²) >= 11 is 1.60. The van der Waals surface area contributed by atoms with Crippen molar-refractivity contribution < 1.29 is 4.39 Å².